The molecule has 0 saturated carbocycles. The molecule has 0 fully saturated rings. The van der Waals surface area contributed by atoms with E-state index >= 15 is 0 Å². The number of nitrogens with zero attached hydrogens (tertiary/aromatic N) is 2. The third-order valence-corrected chi connectivity index (χ3v) is 3.59. The van der Waals surface area contributed by atoms with Crippen molar-refractivity contribution in [2.45, 2.75) is 6.92 Å². The van der Waals surface area contributed by atoms with E-state index in [4.69, 9.17) is 14.2 Å². The van der Waals surface area contributed by atoms with Crippen molar-refractivity contribution in [2.24, 2.45) is 0 Å². The minimum absolute atomic E-state index is 0.0747. The Bertz CT molecular complexity index is 899. The minimum atomic E-state index is -0.495. The summed E-state index contributed by atoms with van der Waals surface area (Å²) in [6.07, 6.45) is 1.62. The highest BCUT2D eigenvalue weighted by atomic mass is 16.7. The lowest BCUT2D eigenvalue weighted by atomic mass is 10.0. The van der Waals surface area contributed by atoms with Gasteiger partial charge in [-0.05, 0) is 24.6 Å². The van der Waals surface area contributed by atoms with Crippen molar-refractivity contribution in [3.05, 3.63) is 57.6 Å². The van der Waals surface area contributed by atoms with Gasteiger partial charge in [0.2, 0.25) is 6.79 Å². The predicted molar refractivity (Wildman–Crippen MR) is 90.3 cm³/mol. The lowest BCUT2D eigenvalue weighted by molar-refractivity contribution is -0.384. The number of fused-ring (bicyclic) bond motifs is 1. The number of nitro benzene ring substituents is 1. The molecular weight excluding hydrogens is 324 g/mol. The Balaban J connectivity index is 2.07. The molecule has 0 spiro atoms. The van der Waals surface area contributed by atoms with E-state index in [9.17, 15) is 15.4 Å². The fourth-order valence-electron chi connectivity index (χ4n) is 2.46. The van der Waals surface area contributed by atoms with Gasteiger partial charge in [-0.1, -0.05) is 12.1 Å². The van der Waals surface area contributed by atoms with Crippen LogP contribution in [-0.2, 0) is 0 Å². The molecule has 7 heteroatoms. The average molecular weight is 338 g/mol. The zero-order valence-corrected chi connectivity index (χ0v) is 13.4. The van der Waals surface area contributed by atoms with Gasteiger partial charge in [-0.15, -0.1) is 0 Å². The van der Waals surface area contributed by atoms with Crippen molar-refractivity contribution in [2.75, 3.05) is 13.4 Å². The molecular formula is C18H14N2O5. The molecule has 25 heavy (non-hydrogen) atoms. The maximum absolute atomic E-state index is 10.9. The number of allylic oxidation sites excluding steroid dienone is 1. The molecule has 3 rings (SSSR count). The summed E-state index contributed by atoms with van der Waals surface area (Å²) in [6.45, 7) is 2.42. The Kier molecular flexibility index (Phi) is 4.53. The van der Waals surface area contributed by atoms with Crippen molar-refractivity contribution in [1.82, 2.24) is 0 Å². The second-order valence-corrected chi connectivity index (χ2v) is 5.15. The molecule has 0 N–H and O–H groups in total. The number of nitriles is 1. The van der Waals surface area contributed by atoms with Crippen molar-refractivity contribution < 1.29 is 19.1 Å². The van der Waals surface area contributed by atoms with Crippen LogP contribution in [0.2, 0.25) is 0 Å². The van der Waals surface area contributed by atoms with E-state index in [1.807, 2.05) is 6.92 Å². The molecule has 2 aromatic carbocycles. The quantitative estimate of drug-likeness (QED) is 0.356. The standard InChI is InChI=1S/C18H14N2O5/c1-2-23-16-9-18-17(24-11-25-18)8-13(16)6-14(10-19)12-4-3-5-15(7-12)20(21)22/h3-9H,2,11H2,1H3. The normalized spacial score (nSPS) is 12.6. The van der Waals surface area contributed by atoms with E-state index in [2.05, 4.69) is 6.07 Å². The van der Waals surface area contributed by atoms with Crippen LogP contribution in [-0.4, -0.2) is 18.3 Å². The van der Waals surface area contributed by atoms with Crippen LogP contribution in [0.5, 0.6) is 17.2 Å². The van der Waals surface area contributed by atoms with Crippen LogP contribution in [0.3, 0.4) is 0 Å². The molecule has 0 bridgehead atoms. The highest BCUT2D eigenvalue weighted by Gasteiger charge is 2.18. The van der Waals surface area contributed by atoms with Crippen LogP contribution in [0.4, 0.5) is 5.69 Å². The largest absolute Gasteiger partial charge is 0.493 e. The zero-order valence-electron chi connectivity index (χ0n) is 13.4. The van der Waals surface area contributed by atoms with Gasteiger partial charge in [-0.2, -0.15) is 5.26 Å². The summed E-state index contributed by atoms with van der Waals surface area (Å²) in [5, 5.41) is 20.4. The lowest BCUT2D eigenvalue weighted by Gasteiger charge is -2.09. The van der Waals surface area contributed by atoms with Crippen LogP contribution < -0.4 is 14.2 Å². The lowest BCUT2D eigenvalue weighted by Crippen LogP contribution is -1.95. The monoisotopic (exact) mass is 338 g/mol. The van der Waals surface area contributed by atoms with Crippen LogP contribution in [0, 0.1) is 21.4 Å². The molecule has 2 aromatic rings. The van der Waals surface area contributed by atoms with Gasteiger partial charge in [-0.3, -0.25) is 10.1 Å². The molecule has 1 aliphatic rings. The molecule has 7 nitrogen and oxygen atoms in total. The van der Waals surface area contributed by atoms with E-state index in [0.717, 1.165) is 0 Å². The summed E-state index contributed by atoms with van der Waals surface area (Å²) < 4.78 is 16.3. The topological polar surface area (TPSA) is 94.6 Å². The number of ether oxygens (including phenoxy) is 3. The average Bonchev–Trinajstić information content (AvgIpc) is 3.07. The molecule has 0 radical (unpaired) electrons. The van der Waals surface area contributed by atoms with Crippen molar-refractivity contribution in [1.29, 1.82) is 5.26 Å². The molecule has 126 valence electrons. The number of hydrogen-bond donors (Lipinski definition) is 0. The van der Waals surface area contributed by atoms with Crippen LogP contribution >= 0.6 is 0 Å². The Labute approximate surface area is 143 Å². The summed E-state index contributed by atoms with van der Waals surface area (Å²) in [6, 6.07) is 11.4. The van der Waals surface area contributed by atoms with Gasteiger partial charge in [0.05, 0.1) is 23.2 Å². The smallest absolute Gasteiger partial charge is 0.270 e. The third-order valence-electron chi connectivity index (χ3n) is 3.59. The highest BCUT2D eigenvalue weighted by molar-refractivity contribution is 5.91. The first-order valence-electron chi connectivity index (χ1n) is 7.55. The molecule has 1 heterocycles. The Morgan fingerprint density at radius 1 is 1.36 bits per heavy atom. The van der Waals surface area contributed by atoms with Crippen molar-refractivity contribution >= 4 is 17.3 Å². The molecule has 0 amide bonds. The third kappa shape index (κ3) is 3.38. The predicted octanol–water partition coefficient (Wildman–Crippen LogP) is 3.79. The second-order valence-electron chi connectivity index (χ2n) is 5.15. The molecule has 0 unspecified atom stereocenters. The van der Waals surface area contributed by atoms with Crippen LogP contribution in [0.25, 0.3) is 11.6 Å². The maximum Gasteiger partial charge on any atom is 0.270 e. The first-order chi connectivity index (χ1) is 12.1. The molecule has 1 aliphatic heterocycles. The van der Waals surface area contributed by atoms with Crippen LogP contribution in [0.1, 0.15) is 18.1 Å². The van der Waals surface area contributed by atoms with Gasteiger partial charge >= 0.3 is 0 Å². The number of hydrogen-bond acceptors (Lipinski definition) is 6. The van der Waals surface area contributed by atoms with Gasteiger partial charge < -0.3 is 14.2 Å². The number of rotatable bonds is 5. The number of benzene rings is 2. The van der Waals surface area contributed by atoms with Gasteiger partial charge in [-0.25, -0.2) is 0 Å². The number of non-ortho nitro benzene ring substituents is 1. The summed E-state index contributed by atoms with van der Waals surface area (Å²) in [5.41, 5.74) is 1.30. The van der Waals surface area contributed by atoms with Gasteiger partial charge in [0.25, 0.3) is 5.69 Å². The van der Waals surface area contributed by atoms with E-state index in [1.165, 1.54) is 12.1 Å². The molecule has 0 atom stereocenters. The van der Waals surface area contributed by atoms with E-state index in [-0.39, 0.29) is 18.1 Å². The Morgan fingerprint density at radius 3 is 2.80 bits per heavy atom. The fraction of sp³-hybridized carbons (Fsp3) is 0.167. The first-order valence-corrected chi connectivity index (χ1v) is 7.55. The Hall–Kier alpha value is -3.53. The van der Waals surface area contributed by atoms with Crippen molar-refractivity contribution in [3.63, 3.8) is 0 Å². The Morgan fingerprint density at radius 2 is 2.12 bits per heavy atom. The first kappa shape index (κ1) is 16.3. The fourth-order valence-corrected chi connectivity index (χ4v) is 2.46. The molecule has 0 aromatic heterocycles. The summed E-state index contributed by atoms with van der Waals surface area (Å²) >= 11 is 0. The van der Waals surface area contributed by atoms with E-state index in [0.29, 0.717) is 35.0 Å². The molecule has 0 aliphatic carbocycles. The van der Waals surface area contributed by atoms with E-state index in [1.54, 1.807) is 30.3 Å². The molecule has 0 saturated heterocycles. The number of nitro groups is 1. The second kappa shape index (κ2) is 6.93. The minimum Gasteiger partial charge on any atom is -0.493 e. The summed E-state index contributed by atoms with van der Waals surface area (Å²) in [7, 11) is 0. The summed E-state index contributed by atoms with van der Waals surface area (Å²) in [5.74, 6) is 1.69. The highest BCUT2D eigenvalue weighted by Crippen LogP contribution is 2.39. The SMILES string of the molecule is CCOc1cc2c(cc1C=C(C#N)c1cccc([N+](=O)[O-])c1)OCO2. The van der Waals surface area contributed by atoms with Crippen LogP contribution in [0.15, 0.2) is 36.4 Å². The maximum atomic E-state index is 10.9. The van der Waals surface area contributed by atoms with Gasteiger partial charge in [0.1, 0.15) is 5.75 Å². The van der Waals surface area contributed by atoms with E-state index < -0.39 is 4.92 Å². The zero-order chi connectivity index (χ0) is 17.8. The van der Waals surface area contributed by atoms with Gasteiger partial charge in [0.15, 0.2) is 11.5 Å². The summed E-state index contributed by atoms with van der Waals surface area (Å²) in [4.78, 5) is 10.4. The van der Waals surface area contributed by atoms with Gasteiger partial charge in [0, 0.05) is 23.8 Å². The van der Waals surface area contributed by atoms with Crippen molar-refractivity contribution in [3.8, 4) is 23.3 Å².